The second-order valence-electron chi connectivity index (χ2n) is 8.02. The molecule has 120 valence electrons. The lowest BCUT2D eigenvalue weighted by molar-refractivity contribution is 0.205. The van der Waals surface area contributed by atoms with Gasteiger partial charge in [0.2, 0.25) is 0 Å². The first-order valence-electron chi connectivity index (χ1n) is 7.57. The Labute approximate surface area is 133 Å². The summed E-state index contributed by atoms with van der Waals surface area (Å²) in [5.74, 6) is 0. The van der Waals surface area contributed by atoms with Crippen molar-refractivity contribution in [3.05, 3.63) is 34.9 Å². The van der Waals surface area contributed by atoms with E-state index in [0.717, 1.165) is 0 Å². The van der Waals surface area contributed by atoms with E-state index in [0.29, 0.717) is 0 Å². The molecule has 0 aliphatic rings. The molecule has 0 saturated heterocycles. The van der Waals surface area contributed by atoms with Crippen LogP contribution in [0, 0.1) is 19.3 Å². The molecule has 0 aliphatic heterocycles. The summed E-state index contributed by atoms with van der Waals surface area (Å²) in [5.41, 5.74) is 3.84. The first kappa shape index (κ1) is 18.4. The molecule has 3 heteroatoms. The summed E-state index contributed by atoms with van der Waals surface area (Å²) in [6.45, 7) is 17.0. The van der Waals surface area contributed by atoms with Crippen molar-refractivity contribution in [2.24, 2.45) is 5.41 Å². The molecule has 0 aromatic heterocycles. The molecule has 1 aromatic carbocycles. The van der Waals surface area contributed by atoms with Crippen molar-refractivity contribution in [3.63, 3.8) is 0 Å². The Kier molecular flexibility index (Phi) is 5.44. The molecule has 0 amide bonds. The van der Waals surface area contributed by atoms with Gasteiger partial charge in [0.15, 0.2) is 0 Å². The molecule has 1 rings (SSSR count). The summed E-state index contributed by atoms with van der Waals surface area (Å²) >= 11 is 0. The van der Waals surface area contributed by atoms with Crippen molar-refractivity contribution in [2.45, 2.75) is 66.2 Å². The highest BCUT2D eigenvalue weighted by atomic mass is 32.2. The Morgan fingerprint density at radius 3 is 1.90 bits per heavy atom. The van der Waals surface area contributed by atoms with E-state index in [4.69, 9.17) is 0 Å². The molecule has 0 radical (unpaired) electrons. The zero-order valence-corrected chi connectivity index (χ0v) is 15.9. The molecule has 2 nitrogen and oxygen atoms in total. The molecule has 2 atom stereocenters. The summed E-state index contributed by atoms with van der Waals surface area (Å²) in [7, 11) is 0.941. The second kappa shape index (κ2) is 6.21. The van der Waals surface area contributed by atoms with E-state index in [1.807, 2.05) is 32.1 Å². The fraction of sp³-hybridized carbons (Fsp3) is 0.667. The highest BCUT2D eigenvalue weighted by molar-refractivity contribution is 7.84. The largest absolute Gasteiger partial charge is 0.242 e. The molecule has 1 unspecified atom stereocenters. The van der Waals surface area contributed by atoms with Crippen molar-refractivity contribution in [1.29, 1.82) is 0 Å². The van der Waals surface area contributed by atoms with Gasteiger partial charge in [-0.3, -0.25) is 0 Å². The van der Waals surface area contributed by atoms with E-state index in [1.54, 1.807) is 0 Å². The SMILES string of the molecule is Cc1ccc([C@H](N(C)S(=O)C(C)(C)C)C(C)(C)C)cc1C. The minimum atomic E-state index is -1.04. The van der Waals surface area contributed by atoms with Crippen LogP contribution in [-0.4, -0.2) is 20.3 Å². The Morgan fingerprint density at radius 2 is 1.52 bits per heavy atom. The number of nitrogens with zero attached hydrogens (tertiary/aromatic N) is 1. The van der Waals surface area contributed by atoms with E-state index in [2.05, 4.69) is 52.8 Å². The highest BCUT2D eigenvalue weighted by Gasteiger charge is 2.36. The van der Waals surface area contributed by atoms with Crippen LogP contribution >= 0.6 is 0 Å². The minimum absolute atomic E-state index is 0.0113. The van der Waals surface area contributed by atoms with Gasteiger partial charge in [-0.05, 0) is 56.7 Å². The molecule has 1 aromatic rings. The molecule has 0 heterocycles. The first-order valence-corrected chi connectivity index (χ1v) is 8.68. The van der Waals surface area contributed by atoms with Gasteiger partial charge in [-0.25, -0.2) is 8.51 Å². The van der Waals surface area contributed by atoms with Crippen LogP contribution in [0.15, 0.2) is 18.2 Å². The summed E-state index contributed by atoms with van der Waals surface area (Å²) in [6, 6.07) is 6.70. The topological polar surface area (TPSA) is 20.3 Å². The Hall–Kier alpha value is -0.670. The van der Waals surface area contributed by atoms with E-state index in [9.17, 15) is 4.21 Å². The molecule has 0 fully saturated rings. The number of hydrogen-bond donors (Lipinski definition) is 0. The van der Waals surface area contributed by atoms with Crippen LogP contribution in [0.4, 0.5) is 0 Å². The quantitative estimate of drug-likeness (QED) is 0.786. The molecule has 0 N–H and O–H groups in total. The highest BCUT2D eigenvalue weighted by Crippen LogP contribution is 2.39. The van der Waals surface area contributed by atoms with E-state index >= 15 is 0 Å². The van der Waals surface area contributed by atoms with E-state index < -0.39 is 11.0 Å². The van der Waals surface area contributed by atoms with Crippen molar-refractivity contribution >= 4 is 11.0 Å². The van der Waals surface area contributed by atoms with Gasteiger partial charge in [0.25, 0.3) is 0 Å². The molecule has 21 heavy (non-hydrogen) atoms. The van der Waals surface area contributed by atoms with Gasteiger partial charge in [0.1, 0.15) is 11.0 Å². The molecule has 0 spiro atoms. The predicted molar refractivity (Wildman–Crippen MR) is 93.8 cm³/mol. The van der Waals surface area contributed by atoms with Crippen LogP contribution in [0.1, 0.15) is 64.3 Å². The van der Waals surface area contributed by atoms with Gasteiger partial charge < -0.3 is 0 Å². The maximum atomic E-state index is 12.8. The smallest absolute Gasteiger partial charge is 0.100 e. The third-order valence-electron chi connectivity index (χ3n) is 3.82. The van der Waals surface area contributed by atoms with Gasteiger partial charge in [-0.1, -0.05) is 39.0 Å². The van der Waals surface area contributed by atoms with Crippen LogP contribution in [0.2, 0.25) is 0 Å². The lowest BCUT2D eigenvalue weighted by atomic mass is 9.82. The van der Waals surface area contributed by atoms with Crippen LogP contribution in [-0.2, 0) is 11.0 Å². The fourth-order valence-corrected chi connectivity index (χ4v) is 4.21. The Bertz CT molecular complexity index is 523. The van der Waals surface area contributed by atoms with Crippen LogP contribution in [0.25, 0.3) is 0 Å². The van der Waals surface area contributed by atoms with Crippen molar-refractivity contribution in [2.75, 3.05) is 7.05 Å². The first-order chi connectivity index (χ1) is 9.35. The maximum Gasteiger partial charge on any atom is 0.100 e. The average molecular weight is 310 g/mol. The Balaban J connectivity index is 3.30. The van der Waals surface area contributed by atoms with Crippen LogP contribution in [0.3, 0.4) is 0 Å². The average Bonchev–Trinajstić information content (AvgIpc) is 2.30. The Morgan fingerprint density at radius 1 is 1.00 bits per heavy atom. The van der Waals surface area contributed by atoms with Gasteiger partial charge in [0, 0.05) is 7.05 Å². The normalized spacial score (nSPS) is 16.1. The fourth-order valence-electron chi connectivity index (χ4n) is 2.72. The number of hydrogen-bond acceptors (Lipinski definition) is 1. The predicted octanol–water partition coefficient (Wildman–Crippen LogP) is 4.78. The van der Waals surface area contributed by atoms with Crippen molar-refractivity contribution < 1.29 is 4.21 Å². The number of benzene rings is 1. The van der Waals surface area contributed by atoms with Crippen LogP contribution in [0.5, 0.6) is 0 Å². The molecular formula is C18H31NOS. The molecular weight excluding hydrogens is 278 g/mol. The standard InChI is InChI=1S/C18H31NOS/c1-13-10-11-15(12-14(13)2)16(17(3,4)5)19(9)21(20)18(6,7)8/h10-12,16H,1-9H3/t16-,21?/m0/s1. The maximum absolute atomic E-state index is 12.8. The summed E-state index contributed by atoms with van der Waals surface area (Å²) in [6.07, 6.45) is 0. The lowest BCUT2D eigenvalue weighted by Gasteiger charge is -2.40. The van der Waals surface area contributed by atoms with Crippen molar-refractivity contribution in [3.8, 4) is 0 Å². The molecule has 0 saturated carbocycles. The zero-order chi connectivity index (χ0) is 16.6. The van der Waals surface area contributed by atoms with Crippen molar-refractivity contribution in [1.82, 2.24) is 4.31 Å². The summed E-state index contributed by atoms with van der Waals surface area (Å²) in [4.78, 5) is 0. The van der Waals surface area contributed by atoms with Gasteiger partial charge >= 0.3 is 0 Å². The van der Waals surface area contributed by atoms with Crippen LogP contribution < -0.4 is 0 Å². The van der Waals surface area contributed by atoms with Gasteiger partial charge in [0.05, 0.1) is 10.8 Å². The van der Waals surface area contributed by atoms with Gasteiger partial charge in [-0.15, -0.1) is 0 Å². The molecule has 0 aliphatic carbocycles. The number of rotatable bonds is 3. The lowest BCUT2D eigenvalue weighted by Crippen LogP contribution is -2.41. The van der Waals surface area contributed by atoms with E-state index in [-0.39, 0.29) is 16.2 Å². The van der Waals surface area contributed by atoms with E-state index in [1.165, 1.54) is 16.7 Å². The summed E-state index contributed by atoms with van der Waals surface area (Å²) in [5, 5.41) is 0. The third kappa shape index (κ3) is 4.40. The monoisotopic (exact) mass is 309 g/mol. The molecule has 0 bridgehead atoms. The summed E-state index contributed by atoms with van der Waals surface area (Å²) < 4.78 is 14.6. The number of aryl methyl sites for hydroxylation is 2. The van der Waals surface area contributed by atoms with Gasteiger partial charge in [-0.2, -0.15) is 0 Å². The minimum Gasteiger partial charge on any atom is -0.242 e. The zero-order valence-electron chi connectivity index (χ0n) is 15.1. The third-order valence-corrected chi connectivity index (χ3v) is 5.60. The second-order valence-corrected chi connectivity index (χ2v) is 10.3.